The molecule has 0 N–H and O–H groups in total. The van der Waals surface area contributed by atoms with E-state index >= 15 is 0 Å². The molecular formula is C14H30N2O10Si3. The number of hydrogen-bond acceptors (Lipinski definition) is 12. The van der Waals surface area contributed by atoms with Crippen LogP contribution in [0.4, 0.5) is 0 Å². The highest BCUT2D eigenvalue weighted by Crippen LogP contribution is 2.26. The van der Waals surface area contributed by atoms with Crippen LogP contribution in [0.15, 0.2) is 9.32 Å². The van der Waals surface area contributed by atoms with Gasteiger partial charge in [0.15, 0.2) is 0 Å². The van der Waals surface area contributed by atoms with Gasteiger partial charge < -0.3 is 34.8 Å². The zero-order valence-corrected chi connectivity index (χ0v) is 20.7. The molecule has 0 saturated carbocycles. The van der Waals surface area contributed by atoms with Gasteiger partial charge in [0.1, 0.15) is 0 Å². The second-order valence-corrected chi connectivity index (χ2v) is 11.7. The molecule has 0 heterocycles. The lowest BCUT2D eigenvalue weighted by atomic mass is 10.9. The summed E-state index contributed by atoms with van der Waals surface area (Å²) >= 11 is 0. The maximum absolute atomic E-state index is 11.2. The fourth-order valence-electron chi connectivity index (χ4n) is 2.07. The first-order chi connectivity index (χ1) is 13.9. The Bertz CT molecular complexity index is 476. The summed E-state index contributed by atoms with van der Waals surface area (Å²) in [7, 11) is -12.4. The molecule has 0 aromatic heterocycles. The highest BCUT2D eigenvalue weighted by Gasteiger charge is 2.64. The topological polar surface area (TPSA) is 133 Å². The normalized spacial score (nSPS) is 12.3. The summed E-state index contributed by atoms with van der Waals surface area (Å²) in [6.45, 7) is 11.1. The van der Waals surface area contributed by atoms with Crippen molar-refractivity contribution in [2.75, 3.05) is 39.6 Å². The SMILES string of the molecule is CCO[Si](OCC)(OCC)O[Si](N=C=O)(N=C=O)O[Si](OCC)(OCC)OCC. The van der Waals surface area contributed by atoms with Gasteiger partial charge in [-0.1, -0.05) is 0 Å². The summed E-state index contributed by atoms with van der Waals surface area (Å²) in [6.07, 6.45) is 2.63. The predicted octanol–water partition coefficient (Wildman–Crippen LogP) is 1.22. The third-order valence-electron chi connectivity index (χ3n) is 2.82. The maximum atomic E-state index is 11.2. The fraction of sp³-hybridized carbons (Fsp3) is 0.857. The van der Waals surface area contributed by atoms with E-state index in [2.05, 4.69) is 9.32 Å². The molecule has 0 aliphatic carbocycles. The fourth-order valence-corrected chi connectivity index (χ4v) is 10.3. The molecule has 0 amide bonds. The minimum Gasteiger partial charge on any atom is -0.352 e. The summed E-state index contributed by atoms with van der Waals surface area (Å²) in [5, 5.41) is 0. The van der Waals surface area contributed by atoms with E-state index in [1.165, 1.54) is 12.2 Å². The Labute approximate surface area is 174 Å². The number of isocyanates is 2. The number of nitrogens with zero attached hydrogens (tertiary/aromatic N) is 2. The molecule has 0 spiro atoms. The molecule has 0 fully saturated rings. The molecule has 0 saturated heterocycles. The molecule has 15 heteroatoms. The van der Waals surface area contributed by atoms with Crippen LogP contribution in [0.5, 0.6) is 0 Å². The van der Waals surface area contributed by atoms with Crippen LogP contribution in [0.3, 0.4) is 0 Å². The van der Waals surface area contributed by atoms with Crippen molar-refractivity contribution >= 4 is 39.1 Å². The molecule has 0 unspecified atom stereocenters. The lowest BCUT2D eigenvalue weighted by Gasteiger charge is -2.35. The standard InChI is InChI=1S/C14H30N2O10Si3/c1-7-19-28(20-8-2,21-9-3)25-27(15-13-17,16-14-18)26-29(22-10-4,23-11-5)24-12-6/h7-12H2,1-6H3. The van der Waals surface area contributed by atoms with Crippen LogP contribution >= 0.6 is 0 Å². The summed E-state index contributed by atoms with van der Waals surface area (Å²) in [5.74, 6) is 0. The molecule has 29 heavy (non-hydrogen) atoms. The highest BCUT2D eigenvalue weighted by molar-refractivity contribution is 6.80. The third kappa shape index (κ3) is 9.18. The first kappa shape index (κ1) is 28.1. The van der Waals surface area contributed by atoms with Crippen molar-refractivity contribution in [1.82, 2.24) is 0 Å². The maximum Gasteiger partial charge on any atom is 0.673 e. The molecule has 0 atom stereocenters. The molecule has 0 aromatic rings. The van der Waals surface area contributed by atoms with Crippen LogP contribution in [0.25, 0.3) is 0 Å². The van der Waals surface area contributed by atoms with E-state index in [0.717, 1.165) is 0 Å². The average Bonchev–Trinajstić information content (AvgIpc) is 2.63. The second kappa shape index (κ2) is 15.0. The van der Waals surface area contributed by atoms with Gasteiger partial charge in [0.05, 0.1) is 0 Å². The van der Waals surface area contributed by atoms with E-state index in [1.54, 1.807) is 41.5 Å². The van der Waals surface area contributed by atoms with Crippen LogP contribution in [-0.2, 0) is 44.4 Å². The molecule has 168 valence electrons. The first-order valence-electron chi connectivity index (χ1n) is 9.32. The van der Waals surface area contributed by atoms with Crippen molar-refractivity contribution in [2.45, 2.75) is 41.5 Å². The van der Waals surface area contributed by atoms with Crippen LogP contribution in [0.1, 0.15) is 41.5 Å². The molecule has 0 radical (unpaired) electrons. The van der Waals surface area contributed by atoms with Crippen molar-refractivity contribution in [3.63, 3.8) is 0 Å². The molecule has 0 aliphatic rings. The van der Waals surface area contributed by atoms with Gasteiger partial charge in [0, 0.05) is 39.6 Å². The second-order valence-electron chi connectivity index (χ2n) is 4.76. The molecule has 0 rings (SSSR count). The molecule has 12 nitrogen and oxygen atoms in total. The van der Waals surface area contributed by atoms with E-state index in [4.69, 9.17) is 34.8 Å². The Morgan fingerprint density at radius 3 is 0.966 bits per heavy atom. The van der Waals surface area contributed by atoms with Crippen molar-refractivity contribution in [1.29, 1.82) is 0 Å². The molecule has 0 aromatic carbocycles. The molecule has 0 aliphatic heterocycles. The quantitative estimate of drug-likeness (QED) is 0.163. The number of hydrogen-bond donors (Lipinski definition) is 0. The summed E-state index contributed by atoms with van der Waals surface area (Å²) in [4.78, 5) is 22.4. The van der Waals surface area contributed by atoms with Crippen LogP contribution in [0.2, 0.25) is 0 Å². The van der Waals surface area contributed by atoms with Crippen molar-refractivity contribution in [2.24, 2.45) is 9.32 Å². The van der Waals surface area contributed by atoms with Crippen molar-refractivity contribution in [3.05, 3.63) is 0 Å². The highest BCUT2D eigenvalue weighted by atomic mass is 28.5. The van der Waals surface area contributed by atoms with Crippen LogP contribution in [0, 0.1) is 0 Å². The van der Waals surface area contributed by atoms with Crippen molar-refractivity contribution in [3.8, 4) is 0 Å². The summed E-state index contributed by atoms with van der Waals surface area (Å²) < 4.78 is 52.4. The minimum absolute atomic E-state index is 0.150. The van der Waals surface area contributed by atoms with E-state index in [9.17, 15) is 9.59 Å². The zero-order chi connectivity index (χ0) is 22.2. The van der Waals surface area contributed by atoms with Gasteiger partial charge in [-0.15, -0.1) is 0 Å². The Hall–Kier alpha value is -0.909. The molecular weight excluding hydrogens is 440 g/mol. The van der Waals surface area contributed by atoms with Crippen LogP contribution < -0.4 is 0 Å². The van der Waals surface area contributed by atoms with Crippen molar-refractivity contribution < 1.29 is 44.4 Å². The Morgan fingerprint density at radius 2 is 0.793 bits per heavy atom. The lowest BCUT2D eigenvalue weighted by Crippen LogP contribution is -2.64. The smallest absolute Gasteiger partial charge is 0.352 e. The van der Waals surface area contributed by atoms with Gasteiger partial charge in [-0.2, -0.15) is 9.32 Å². The van der Waals surface area contributed by atoms with Gasteiger partial charge in [0.25, 0.3) is 0 Å². The van der Waals surface area contributed by atoms with Crippen LogP contribution in [-0.4, -0.2) is 78.8 Å². The van der Waals surface area contributed by atoms with Gasteiger partial charge in [-0.3, -0.25) is 0 Å². The largest absolute Gasteiger partial charge is 0.673 e. The van der Waals surface area contributed by atoms with Gasteiger partial charge >= 0.3 is 27.0 Å². The van der Waals surface area contributed by atoms with E-state index < -0.39 is 27.0 Å². The van der Waals surface area contributed by atoms with Gasteiger partial charge in [0.2, 0.25) is 12.2 Å². The molecule has 0 bridgehead atoms. The monoisotopic (exact) mass is 470 g/mol. The summed E-state index contributed by atoms with van der Waals surface area (Å²) in [6, 6.07) is 0. The number of carbonyl (C=O) groups excluding carboxylic acids is 2. The zero-order valence-electron chi connectivity index (χ0n) is 17.7. The average molecular weight is 471 g/mol. The van der Waals surface area contributed by atoms with E-state index in [1.807, 2.05) is 0 Å². The number of rotatable bonds is 18. The van der Waals surface area contributed by atoms with E-state index in [-0.39, 0.29) is 39.6 Å². The minimum atomic E-state index is -4.51. The Kier molecular flexibility index (Phi) is 14.5. The predicted molar refractivity (Wildman–Crippen MR) is 105 cm³/mol. The Balaban J connectivity index is 6.39. The van der Waals surface area contributed by atoms with E-state index in [0.29, 0.717) is 0 Å². The third-order valence-corrected chi connectivity index (χ3v) is 11.5. The first-order valence-corrected chi connectivity index (χ1v) is 14.3. The lowest BCUT2D eigenvalue weighted by molar-refractivity contribution is -0.0207. The van der Waals surface area contributed by atoms with Gasteiger partial charge in [-0.05, 0) is 41.5 Å². The van der Waals surface area contributed by atoms with Gasteiger partial charge in [-0.25, -0.2) is 9.59 Å². The summed E-state index contributed by atoms with van der Waals surface area (Å²) in [5.41, 5.74) is 0. The Morgan fingerprint density at radius 1 is 0.552 bits per heavy atom.